The Kier molecular flexibility index (Phi) is 2.51. The maximum Gasteiger partial charge on any atom is 0.320 e. The second kappa shape index (κ2) is 3.64. The minimum atomic E-state index is -0.707. The topological polar surface area (TPSA) is 52.6 Å². The highest BCUT2D eigenvalue weighted by atomic mass is 16.4. The smallest absolute Gasteiger partial charge is 0.320 e. The summed E-state index contributed by atoms with van der Waals surface area (Å²) in [6.07, 6.45) is 3.32. The standard InChI is InChI=1S/C9H16N2O2/c12-9(13)8-5-7(6-10-8)11-3-1-2-4-11/h7-8,10H,1-6H2,(H,12,13)/t7-,8+/m1/s1. The molecule has 4 heteroatoms. The van der Waals surface area contributed by atoms with Crippen LogP contribution in [0.15, 0.2) is 0 Å². The number of nitrogens with one attached hydrogen (secondary N) is 1. The van der Waals surface area contributed by atoms with Crippen LogP contribution in [0, 0.1) is 0 Å². The Balaban J connectivity index is 1.86. The van der Waals surface area contributed by atoms with E-state index in [0.29, 0.717) is 6.04 Å². The Morgan fingerprint density at radius 2 is 2.08 bits per heavy atom. The molecule has 0 radical (unpaired) electrons. The number of carbonyl (C=O) groups is 1. The van der Waals surface area contributed by atoms with Gasteiger partial charge < -0.3 is 10.4 Å². The van der Waals surface area contributed by atoms with Gasteiger partial charge in [0.15, 0.2) is 0 Å². The van der Waals surface area contributed by atoms with E-state index in [0.717, 1.165) is 26.1 Å². The number of rotatable bonds is 2. The van der Waals surface area contributed by atoms with Crippen LogP contribution in [0.1, 0.15) is 19.3 Å². The van der Waals surface area contributed by atoms with E-state index in [4.69, 9.17) is 5.11 Å². The number of carboxylic acids is 1. The first-order valence-corrected chi connectivity index (χ1v) is 4.97. The second-order valence-corrected chi connectivity index (χ2v) is 3.93. The van der Waals surface area contributed by atoms with Crippen molar-refractivity contribution in [2.45, 2.75) is 31.3 Å². The summed E-state index contributed by atoms with van der Waals surface area (Å²) in [6, 6.07) is 0.147. The van der Waals surface area contributed by atoms with E-state index >= 15 is 0 Å². The second-order valence-electron chi connectivity index (χ2n) is 3.93. The fourth-order valence-corrected chi connectivity index (χ4v) is 2.29. The van der Waals surface area contributed by atoms with Crippen molar-refractivity contribution in [3.8, 4) is 0 Å². The van der Waals surface area contributed by atoms with Crippen molar-refractivity contribution in [1.82, 2.24) is 10.2 Å². The van der Waals surface area contributed by atoms with Gasteiger partial charge in [0.2, 0.25) is 0 Å². The lowest BCUT2D eigenvalue weighted by Gasteiger charge is -2.21. The summed E-state index contributed by atoms with van der Waals surface area (Å²) in [4.78, 5) is 13.1. The highest BCUT2D eigenvalue weighted by Gasteiger charge is 2.33. The van der Waals surface area contributed by atoms with Gasteiger partial charge in [-0.1, -0.05) is 0 Å². The van der Waals surface area contributed by atoms with Crippen molar-refractivity contribution in [2.75, 3.05) is 19.6 Å². The van der Waals surface area contributed by atoms with Gasteiger partial charge in [-0.15, -0.1) is 0 Å². The maximum absolute atomic E-state index is 10.7. The molecular weight excluding hydrogens is 168 g/mol. The molecule has 2 heterocycles. The Hall–Kier alpha value is -0.610. The predicted molar refractivity (Wildman–Crippen MR) is 48.6 cm³/mol. The van der Waals surface area contributed by atoms with Crippen LogP contribution in [0.25, 0.3) is 0 Å². The van der Waals surface area contributed by atoms with Gasteiger partial charge in [0.1, 0.15) is 6.04 Å². The third kappa shape index (κ3) is 1.84. The molecule has 2 saturated heterocycles. The van der Waals surface area contributed by atoms with Crippen molar-refractivity contribution in [3.63, 3.8) is 0 Å². The molecule has 0 aliphatic carbocycles. The quantitative estimate of drug-likeness (QED) is 0.629. The maximum atomic E-state index is 10.7. The van der Waals surface area contributed by atoms with E-state index in [1.54, 1.807) is 0 Å². The lowest BCUT2D eigenvalue weighted by molar-refractivity contribution is -0.139. The molecule has 0 saturated carbocycles. The monoisotopic (exact) mass is 184 g/mol. The molecule has 2 aliphatic rings. The fraction of sp³-hybridized carbons (Fsp3) is 0.889. The van der Waals surface area contributed by atoms with Crippen LogP contribution in [0.2, 0.25) is 0 Å². The first-order valence-electron chi connectivity index (χ1n) is 4.97. The van der Waals surface area contributed by atoms with Crippen LogP contribution in [0.5, 0.6) is 0 Å². The first kappa shape index (κ1) is 8.97. The normalized spacial score (nSPS) is 35.4. The molecule has 0 aromatic heterocycles. The van der Waals surface area contributed by atoms with E-state index in [9.17, 15) is 4.79 Å². The summed E-state index contributed by atoms with van der Waals surface area (Å²) in [5.74, 6) is -0.707. The Morgan fingerprint density at radius 3 is 2.62 bits per heavy atom. The summed E-state index contributed by atoms with van der Waals surface area (Å²) in [5, 5.41) is 11.8. The van der Waals surface area contributed by atoms with E-state index in [1.807, 2.05) is 0 Å². The largest absolute Gasteiger partial charge is 0.480 e. The van der Waals surface area contributed by atoms with Crippen LogP contribution in [-0.4, -0.2) is 47.7 Å². The molecule has 2 atom stereocenters. The van der Waals surface area contributed by atoms with Gasteiger partial charge in [0, 0.05) is 12.6 Å². The predicted octanol–water partition coefficient (Wildman–Crippen LogP) is -0.103. The molecule has 2 aliphatic heterocycles. The first-order chi connectivity index (χ1) is 6.27. The highest BCUT2D eigenvalue weighted by molar-refractivity contribution is 5.73. The molecule has 0 aromatic carbocycles. The number of nitrogens with zero attached hydrogens (tertiary/aromatic N) is 1. The van der Waals surface area contributed by atoms with Crippen LogP contribution in [-0.2, 0) is 4.79 Å². The molecule has 0 amide bonds. The van der Waals surface area contributed by atoms with E-state index in [2.05, 4.69) is 10.2 Å². The zero-order valence-corrected chi connectivity index (χ0v) is 7.70. The van der Waals surface area contributed by atoms with Gasteiger partial charge in [-0.05, 0) is 32.4 Å². The van der Waals surface area contributed by atoms with Crippen LogP contribution in [0.4, 0.5) is 0 Å². The summed E-state index contributed by atoms with van der Waals surface area (Å²) in [7, 11) is 0. The van der Waals surface area contributed by atoms with Crippen LogP contribution in [0.3, 0.4) is 0 Å². The van der Waals surface area contributed by atoms with Crippen molar-refractivity contribution in [2.24, 2.45) is 0 Å². The van der Waals surface area contributed by atoms with E-state index in [-0.39, 0.29) is 6.04 Å². The van der Waals surface area contributed by atoms with Crippen molar-refractivity contribution < 1.29 is 9.90 Å². The molecule has 74 valence electrons. The summed E-state index contributed by atoms with van der Waals surface area (Å²) < 4.78 is 0. The van der Waals surface area contributed by atoms with Crippen LogP contribution < -0.4 is 5.32 Å². The number of aliphatic carboxylic acids is 1. The zero-order chi connectivity index (χ0) is 9.26. The molecule has 2 N–H and O–H groups in total. The van der Waals surface area contributed by atoms with Crippen molar-refractivity contribution in [3.05, 3.63) is 0 Å². The average Bonchev–Trinajstić information content (AvgIpc) is 2.75. The van der Waals surface area contributed by atoms with Gasteiger partial charge in [-0.2, -0.15) is 0 Å². The molecule has 2 rings (SSSR count). The molecule has 0 unspecified atom stereocenters. The summed E-state index contributed by atoms with van der Waals surface area (Å²) in [6.45, 7) is 3.15. The van der Waals surface area contributed by atoms with Crippen molar-refractivity contribution >= 4 is 5.97 Å². The minimum Gasteiger partial charge on any atom is -0.480 e. The van der Waals surface area contributed by atoms with Gasteiger partial charge in [0.25, 0.3) is 0 Å². The summed E-state index contributed by atoms with van der Waals surface area (Å²) >= 11 is 0. The Labute approximate surface area is 77.9 Å². The Bertz CT molecular complexity index is 202. The number of hydrogen-bond donors (Lipinski definition) is 2. The minimum absolute atomic E-state index is 0.314. The molecular formula is C9H16N2O2. The highest BCUT2D eigenvalue weighted by Crippen LogP contribution is 2.18. The fourth-order valence-electron chi connectivity index (χ4n) is 2.29. The number of hydrogen-bond acceptors (Lipinski definition) is 3. The lowest BCUT2D eigenvalue weighted by Crippen LogP contribution is -2.34. The molecule has 0 aromatic rings. The molecule has 0 bridgehead atoms. The van der Waals surface area contributed by atoms with Crippen LogP contribution >= 0.6 is 0 Å². The van der Waals surface area contributed by atoms with Gasteiger partial charge in [0.05, 0.1) is 0 Å². The SMILES string of the molecule is O=C(O)[C@@H]1C[C@@H](N2CCCC2)CN1. The average molecular weight is 184 g/mol. The lowest BCUT2D eigenvalue weighted by atomic mass is 10.1. The van der Waals surface area contributed by atoms with Gasteiger partial charge in [-0.25, -0.2) is 0 Å². The summed E-state index contributed by atoms with van der Waals surface area (Å²) in [5.41, 5.74) is 0. The zero-order valence-electron chi connectivity index (χ0n) is 7.70. The number of carboxylic acid groups (broad SMARTS) is 1. The van der Waals surface area contributed by atoms with Gasteiger partial charge >= 0.3 is 5.97 Å². The number of likely N-dealkylation sites (tertiary alicyclic amines) is 1. The van der Waals surface area contributed by atoms with E-state index in [1.165, 1.54) is 12.8 Å². The third-order valence-electron chi connectivity index (χ3n) is 3.06. The molecule has 0 spiro atoms. The van der Waals surface area contributed by atoms with Crippen molar-refractivity contribution in [1.29, 1.82) is 0 Å². The molecule has 2 fully saturated rings. The molecule has 4 nitrogen and oxygen atoms in total. The van der Waals surface area contributed by atoms with E-state index < -0.39 is 5.97 Å². The third-order valence-corrected chi connectivity index (χ3v) is 3.06. The molecule has 13 heavy (non-hydrogen) atoms. The van der Waals surface area contributed by atoms with Gasteiger partial charge in [-0.3, -0.25) is 9.69 Å². The Morgan fingerprint density at radius 1 is 1.38 bits per heavy atom.